The van der Waals surface area contributed by atoms with Gasteiger partial charge in [0.2, 0.25) is 3.79 Å². The number of hydrogen-bond donors (Lipinski definition) is 0. The molecule has 0 aromatic heterocycles. The SMILES string of the molecule is C.C=C.COC(Cl)C(Cl)(Cl)Cl.Cl.ClC(Cl)=C(Cl)CC(Cl)(Cl)Cl.ClC(Cl)C(Cl)(Cl)OC(Cl)(Cl)Cl.ClC=C(Cl)Cl.ClOC(Cl)(Cl)Cl. The molecule has 0 aliphatic heterocycles. The van der Waals surface area contributed by atoms with Crippen molar-refractivity contribution >= 4 is 291 Å². The molecule has 0 radical (unpaired) electrons. The van der Waals surface area contributed by atoms with Gasteiger partial charge in [-0.05, 0) is 0 Å². The van der Waals surface area contributed by atoms with Crippen molar-refractivity contribution in [2.75, 3.05) is 7.11 Å². The van der Waals surface area contributed by atoms with Crippen molar-refractivity contribution in [3.63, 3.8) is 0 Å². The molecule has 0 bridgehead atoms. The molecule has 274 valence electrons. The molecule has 0 saturated heterocycles. The smallest absolute Gasteiger partial charge is 0.313 e. The molecule has 0 aromatic carbocycles. The minimum atomic E-state index is -2.05. The molecule has 0 aliphatic rings. The Balaban J connectivity index is -0.0000000612. The summed E-state index contributed by atoms with van der Waals surface area (Å²) in [5.41, 5.74) is 0.204. The molecule has 28 heteroatoms. The Morgan fingerprint density at radius 3 is 1.07 bits per heavy atom. The fourth-order valence-corrected chi connectivity index (χ4v) is 2.71. The fraction of sp³-hybridized carbons (Fsp3) is 0.625. The lowest BCUT2D eigenvalue weighted by molar-refractivity contribution is 0.0817. The fourth-order valence-electron chi connectivity index (χ4n) is 0.575. The summed E-state index contributed by atoms with van der Waals surface area (Å²) in [4.78, 5) is -1.22. The number of allylic oxidation sites excluding steroid dienone is 1. The van der Waals surface area contributed by atoms with E-state index in [9.17, 15) is 0 Å². The predicted octanol–water partition coefficient (Wildman–Crippen LogP) is 18.3. The van der Waals surface area contributed by atoms with Crippen LogP contribution in [0.4, 0.5) is 0 Å². The quantitative estimate of drug-likeness (QED) is 0.207. The molecule has 44 heavy (non-hydrogen) atoms. The highest BCUT2D eigenvalue weighted by Gasteiger charge is 2.41. The van der Waals surface area contributed by atoms with Gasteiger partial charge in [0.25, 0.3) is 8.50 Å². The number of halogens is 25. The third-order valence-corrected chi connectivity index (χ3v) is 7.75. The maximum Gasteiger partial charge on any atom is 0.313 e. The maximum absolute atomic E-state index is 5.46. The van der Waals surface area contributed by atoms with Gasteiger partial charge in [-0.3, -0.25) is 4.74 Å². The average molecular weight is 1140 g/mol. The van der Waals surface area contributed by atoms with E-state index in [1.54, 1.807) is 0 Å². The highest BCUT2D eigenvalue weighted by Crippen LogP contribution is 2.42. The zero-order chi connectivity index (χ0) is 35.9. The van der Waals surface area contributed by atoms with Crippen LogP contribution >= 0.6 is 291 Å². The second-order valence-electron chi connectivity index (χ2n) is 4.88. The third kappa shape index (κ3) is 66.6. The van der Waals surface area contributed by atoms with E-state index in [2.05, 4.69) is 38.8 Å². The van der Waals surface area contributed by atoms with Crippen molar-refractivity contribution < 1.29 is 13.8 Å². The summed E-state index contributed by atoms with van der Waals surface area (Å²) in [5, 5.41) is 0.142. The Bertz CT molecular complexity index is 698. The number of ether oxygens (including phenoxy) is 2. The second kappa shape index (κ2) is 36.3. The molecule has 0 N–H and O–H groups in total. The summed E-state index contributed by atoms with van der Waals surface area (Å²) in [5.74, 6) is 0. The summed E-state index contributed by atoms with van der Waals surface area (Å²) in [6, 6.07) is 0. The summed E-state index contributed by atoms with van der Waals surface area (Å²) >= 11 is 124. The van der Waals surface area contributed by atoms with Crippen molar-refractivity contribution in [2.24, 2.45) is 0 Å². The summed E-state index contributed by atoms with van der Waals surface area (Å²) in [6.07, 6.45) is 0.0154. The highest BCUT2D eigenvalue weighted by atomic mass is 35.6. The van der Waals surface area contributed by atoms with E-state index < -0.39 is 30.5 Å². The Labute approximate surface area is 383 Å². The van der Waals surface area contributed by atoms with E-state index >= 15 is 0 Å². The lowest BCUT2D eigenvalue weighted by Gasteiger charge is -2.25. The van der Waals surface area contributed by atoms with Crippen LogP contribution in [-0.4, -0.2) is 37.6 Å². The van der Waals surface area contributed by atoms with Crippen molar-refractivity contribution in [1.29, 1.82) is 0 Å². The van der Waals surface area contributed by atoms with E-state index in [-0.39, 0.29) is 40.3 Å². The van der Waals surface area contributed by atoms with Crippen LogP contribution in [0.1, 0.15) is 13.8 Å². The first-order valence-corrected chi connectivity index (χ1v) is 17.4. The van der Waals surface area contributed by atoms with Gasteiger partial charge in [0.1, 0.15) is 8.98 Å². The molecule has 0 aliphatic carbocycles. The van der Waals surface area contributed by atoms with Gasteiger partial charge in [0, 0.05) is 19.1 Å². The van der Waals surface area contributed by atoms with E-state index in [1.165, 1.54) is 7.11 Å². The third-order valence-electron chi connectivity index (χ3n) is 1.70. The topological polar surface area (TPSA) is 27.7 Å². The molecule has 0 spiro atoms. The van der Waals surface area contributed by atoms with E-state index in [4.69, 9.17) is 267 Å². The van der Waals surface area contributed by atoms with E-state index in [1.807, 2.05) is 0 Å². The van der Waals surface area contributed by atoms with Crippen LogP contribution in [0.15, 0.2) is 32.7 Å². The zero-order valence-corrected chi connectivity index (χ0v) is 38.5. The van der Waals surface area contributed by atoms with Crippen LogP contribution in [0.3, 0.4) is 0 Å². The van der Waals surface area contributed by atoms with Gasteiger partial charge in [-0.2, -0.15) is 0 Å². The Kier molecular flexibility index (Phi) is 56.5. The van der Waals surface area contributed by atoms with Gasteiger partial charge in [0.15, 0.2) is 14.2 Å². The average Bonchev–Trinajstić information content (AvgIpc) is 2.77. The molecule has 0 aromatic rings. The first-order valence-electron chi connectivity index (χ1n) is 8.20. The summed E-state index contributed by atoms with van der Waals surface area (Å²) in [7, 11) is 1.36. The molecular weight excluding hydrogens is 1130 g/mol. The molecular formula is C16H17Cl25O3. The molecule has 0 rings (SSSR count). The standard InChI is InChI=1S/C4H2Cl6.C3HCl7O.C3H4Cl4O.C2HCl3.C2H4.CCl4O.CH4.ClH/c5-2(3(6)7)1-4(8,9)10;4-1(5)2(6,7)11-3(8,9)10;1-8-2(4)3(5,6)7;3-1-2(4)5;1-2;2-1(3,4)6-5;;/h1H2;1H;2H,1H3;1H;1-2H2;;1H4;1H. The van der Waals surface area contributed by atoms with Crippen molar-refractivity contribution in [1.82, 2.24) is 0 Å². The van der Waals surface area contributed by atoms with Gasteiger partial charge in [-0.25, -0.2) is 4.29 Å². The molecule has 0 fully saturated rings. The monoisotopic (exact) mass is 1130 g/mol. The van der Waals surface area contributed by atoms with Crippen molar-refractivity contribution in [3.05, 3.63) is 32.7 Å². The lowest BCUT2D eigenvalue weighted by atomic mass is 10.5. The molecule has 1 unspecified atom stereocenters. The number of rotatable bonds is 4. The minimum absolute atomic E-state index is 0. The van der Waals surface area contributed by atoms with Crippen LogP contribution in [0, 0.1) is 0 Å². The van der Waals surface area contributed by atoms with Crippen molar-refractivity contribution in [3.8, 4) is 0 Å². The lowest BCUT2D eigenvalue weighted by Crippen LogP contribution is -2.31. The van der Waals surface area contributed by atoms with E-state index in [0.29, 0.717) is 0 Å². The first-order chi connectivity index (χ1) is 18.3. The second-order valence-corrected chi connectivity index (χ2v) is 19.7. The highest BCUT2D eigenvalue weighted by molar-refractivity contribution is 6.70. The van der Waals surface area contributed by atoms with Crippen LogP contribution in [-0.2, 0) is 13.8 Å². The zero-order valence-electron chi connectivity index (χ0n) is 19.6. The van der Waals surface area contributed by atoms with Crippen LogP contribution < -0.4 is 0 Å². The Morgan fingerprint density at radius 2 is 1.02 bits per heavy atom. The van der Waals surface area contributed by atoms with Gasteiger partial charge in [-0.1, -0.05) is 274 Å². The van der Waals surface area contributed by atoms with Crippen LogP contribution in [0.2, 0.25) is 0 Å². The molecule has 1 atom stereocenters. The minimum Gasteiger partial charge on any atom is -0.361 e. The van der Waals surface area contributed by atoms with Crippen LogP contribution in [0.5, 0.6) is 0 Å². The van der Waals surface area contributed by atoms with Gasteiger partial charge in [-0.15, -0.1) is 25.6 Å². The molecule has 0 saturated carbocycles. The first kappa shape index (κ1) is 68.4. The van der Waals surface area contributed by atoms with Crippen molar-refractivity contribution in [2.45, 2.75) is 44.3 Å². The van der Waals surface area contributed by atoms with E-state index in [0.717, 1.165) is 5.54 Å². The maximum atomic E-state index is 5.46. The van der Waals surface area contributed by atoms with Gasteiger partial charge >= 0.3 is 3.98 Å². The molecule has 0 amide bonds. The Hall–Kier alpha value is 6.35. The van der Waals surface area contributed by atoms with Gasteiger partial charge < -0.3 is 4.74 Å². The normalized spacial score (nSPS) is 11.6. The summed E-state index contributed by atoms with van der Waals surface area (Å²) < 4.78 is 3.92. The van der Waals surface area contributed by atoms with Crippen LogP contribution in [0.25, 0.3) is 0 Å². The van der Waals surface area contributed by atoms with Gasteiger partial charge in [0.05, 0.1) is 16.9 Å². The largest absolute Gasteiger partial charge is 0.361 e. The Morgan fingerprint density at radius 1 is 0.727 bits per heavy atom. The summed E-state index contributed by atoms with van der Waals surface area (Å²) in [6.45, 7) is 6.00. The number of hydrogen-bond acceptors (Lipinski definition) is 3. The predicted molar refractivity (Wildman–Crippen MR) is 216 cm³/mol. The molecule has 3 nitrogen and oxygen atoms in total. The molecule has 0 heterocycles. The number of alkyl halides is 17. The number of methoxy groups -OCH3 is 1.